The van der Waals surface area contributed by atoms with Gasteiger partial charge in [0.25, 0.3) is 0 Å². The third-order valence-corrected chi connectivity index (χ3v) is 2.42. The molecule has 16 heavy (non-hydrogen) atoms. The Balaban J connectivity index is 2.22. The number of benzene rings is 2. The SMILES string of the molecule is Fc1ccc(-n2nnc3ccccc32)cc1. The first-order valence-electron chi connectivity index (χ1n) is 4.91. The summed E-state index contributed by atoms with van der Waals surface area (Å²) in [5, 5.41) is 8.08. The van der Waals surface area contributed by atoms with Crippen LogP contribution >= 0.6 is 0 Å². The van der Waals surface area contributed by atoms with Gasteiger partial charge in [0.1, 0.15) is 11.3 Å². The van der Waals surface area contributed by atoms with Crippen molar-refractivity contribution in [3.63, 3.8) is 0 Å². The number of nitrogens with zero attached hydrogens (tertiary/aromatic N) is 3. The number of fused-ring (bicyclic) bond motifs is 1. The van der Waals surface area contributed by atoms with Crippen molar-refractivity contribution in [3.8, 4) is 5.69 Å². The minimum atomic E-state index is -0.256. The molecule has 0 bridgehead atoms. The van der Waals surface area contributed by atoms with Crippen molar-refractivity contribution in [1.82, 2.24) is 15.0 Å². The van der Waals surface area contributed by atoms with Gasteiger partial charge in [0.15, 0.2) is 0 Å². The van der Waals surface area contributed by atoms with Crippen LogP contribution in [-0.4, -0.2) is 15.0 Å². The fraction of sp³-hybridized carbons (Fsp3) is 0. The summed E-state index contributed by atoms with van der Waals surface area (Å²) in [6.45, 7) is 0. The van der Waals surface area contributed by atoms with Crippen LogP contribution in [0.15, 0.2) is 48.5 Å². The van der Waals surface area contributed by atoms with Crippen LogP contribution in [0.4, 0.5) is 4.39 Å². The van der Waals surface area contributed by atoms with Gasteiger partial charge in [-0.15, -0.1) is 5.10 Å². The van der Waals surface area contributed by atoms with Gasteiger partial charge in [-0.25, -0.2) is 9.07 Å². The molecule has 0 aliphatic rings. The van der Waals surface area contributed by atoms with Gasteiger partial charge in [-0.05, 0) is 36.4 Å². The van der Waals surface area contributed by atoms with Crippen LogP contribution in [0.1, 0.15) is 0 Å². The van der Waals surface area contributed by atoms with Crippen molar-refractivity contribution in [2.24, 2.45) is 0 Å². The molecule has 78 valence electrons. The molecule has 3 aromatic rings. The van der Waals surface area contributed by atoms with Crippen molar-refractivity contribution < 1.29 is 4.39 Å². The molecule has 2 aromatic carbocycles. The lowest BCUT2D eigenvalue weighted by Gasteiger charge is -2.00. The zero-order chi connectivity index (χ0) is 11.0. The van der Waals surface area contributed by atoms with Gasteiger partial charge >= 0.3 is 0 Å². The van der Waals surface area contributed by atoms with E-state index in [-0.39, 0.29) is 5.82 Å². The lowest BCUT2D eigenvalue weighted by Crippen LogP contribution is -1.96. The Kier molecular flexibility index (Phi) is 1.93. The van der Waals surface area contributed by atoms with Gasteiger partial charge in [-0.3, -0.25) is 0 Å². The van der Waals surface area contributed by atoms with E-state index in [1.54, 1.807) is 16.8 Å². The summed E-state index contributed by atoms with van der Waals surface area (Å²) in [4.78, 5) is 0. The number of hydrogen-bond acceptors (Lipinski definition) is 2. The minimum Gasteiger partial charge on any atom is -0.213 e. The highest BCUT2D eigenvalue weighted by Gasteiger charge is 2.04. The van der Waals surface area contributed by atoms with Gasteiger partial charge in [0.05, 0.1) is 11.2 Å². The fourth-order valence-electron chi connectivity index (χ4n) is 1.64. The van der Waals surface area contributed by atoms with Crippen molar-refractivity contribution in [3.05, 3.63) is 54.3 Å². The van der Waals surface area contributed by atoms with E-state index < -0.39 is 0 Å². The Labute approximate surface area is 91.1 Å². The van der Waals surface area contributed by atoms with Crippen molar-refractivity contribution >= 4 is 11.0 Å². The predicted molar refractivity (Wildman–Crippen MR) is 58.8 cm³/mol. The predicted octanol–water partition coefficient (Wildman–Crippen LogP) is 2.56. The number of para-hydroxylation sites is 1. The number of hydrogen-bond donors (Lipinski definition) is 0. The highest BCUT2D eigenvalue weighted by Crippen LogP contribution is 2.15. The molecule has 0 N–H and O–H groups in total. The first kappa shape index (κ1) is 9.03. The van der Waals surface area contributed by atoms with Gasteiger partial charge in [-0.1, -0.05) is 17.3 Å². The average molecular weight is 213 g/mol. The summed E-state index contributed by atoms with van der Waals surface area (Å²) in [6.07, 6.45) is 0. The molecular formula is C12H8FN3. The zero-order valence-corrected chi connectivity index (χ0v) is 8.34. The molecule has 3 nitrogen and oxygen atoms in total. The molecule has 0 saturated carbocycles. The van der Waals surface area contributed by atoms with Crippen LogP contribution in [-0.2, 0) is 0 Å². The Hall–Kier alpha value is -2.23. The molecule has 0 spiro atoms. The fourth-order valence-corrected chi connectivity index (χ4v) is 1.64. The molecule has 1 aromatic heterocycles. The number of rotatable bonds is 1. The van der Waals surface area contributed by atoms with E-state index in [4.69, 9.17) is 0 Å². The second-order valence-electron chi connectivity index (χ2n) is 3.47. The molecule has 0 unspecified atom stereocenters. The second kappa shape index (κ2) is 3.41. The quantitative estimate of drug-likeness (QED) is 0.622. The molecule has 0 saturated heterocycles. The summed E-state index contributed by atoms with van der Waals surface area (Å²) in [5.74, 6) is -0.256. The molecule has 0 amide bonds. The topological polar surface area (TPSA) is 30.7 Å². The van der Waals surface area contributed by atoms with Crippen LogP contribution in [0, 0.1) is 5.82 Å². The van der Waals surface area contributed by atoms with Gasteiger partial charge in [-0.2, -0.15) is 0 Å². The molecule has 0 atom stereocenters. The summed E-state index contributed by atoms with van der Waals surface area (Å²) in [7, 11) is 0. The monoisotopic (exact) mass is 213 g/mol. The smallest absolute Gasteiger partial charge is 0.123 e. The molecular weight excluding hydrogens is 205 g/mol. The van der Waals surface area contributed by atoms with Crippen LogP contribution in [0.5, 0.6) is 0 Å². The summed E-state index contributed by atoms with van der Waals surface area (Å²) >= 11 is 0. The Morgan fingerprint density at radius 1 is 0.938 bits per heavy atom. The van der Waals surface area contributed by atoms with E-state index in [2.05, 4.69) is 10.3 Å². The average Bonchev–Trinajstić information content (AvgIpc) is 2.74. The van der Waals surface area contributed by atoms with E-state index in [0.717, 1.165) is 16.7 Å². The molecule has 0 radical (unpaired) electrons. The van der Waals surface area contributed by atoms with E-state index in [9.17, 15) is 4.39 Å². The zero-order valence-electron chi connectivity index (χ0n) is 8.34. The molecule has 3 rings (SSSR count). The van der Waals surface area contributed by atoms with Gasteiger partial charge < -0.3 is 0 Å². The third-order valence-electron chi connectivity index (χ3n) is 2.42. The van der Waals surface area contributed by atoms with Crippen LogP contribution in [0.25, 0.3) is 16.7 Å². The summed E-state index contributed by atoms with van der Waals surface area (Å²) < 4.78 is 14.5. The Bertz CT molecular complexity index is 628. The van der Waals surface area contributed by atoms with E-state index in [1.807, 2.05) is 24.3 Å². The lowest BCUT2D eigenvalue weighted by atomic mass is 10.3. The van der Waals surface area contributed by atoms with Gasteiger partial charge in [0.2, 0.25) is 0 Å². The number of halogens is 1. The van der Waals surface area contributed by atoms with Crippen molar-refractivity contribution in [1.29, 1.82) is 0 Å². The summed E-state index contributed by atoms with van der Waals surface area (Å²) in [6, 6.07) is 13.8. The molecule has 1 heterocycles. The lowest BCUT2D eigenvalue weighted by molar-refractivity contribution is 0.627. The maximum absolute atomic E-state index is 12.8. The van der Waals surface area contributed by atoms with Crippen LogP contribution in [0.2, 0.25) is 0 Å². The molecule has 4 heteroatoms. The maximum Gasteiger partial charge on any atom is 0.123 e. The Morgan fingerprint density at radius 3 is 2.50 bits per heavy atom. The highest BCUT2D eigenvalue weighted by molar-refractivity contribution is 5.75. The standard InChI is InChI=1S/C12H8FN3/c13-9-5-7-10(8-6-9)16-12-4-2-1-3-11(12)14-15-16/h1-8H. The largest absolute Gasteiger partial charge is 0.213 e. The van der Waals surface area contributed by atoms with Crippen molar-refractivity contribution in [2.75, 3.05) is 0 Å². The first-order valence-corrected chi connectivity index (χ1v) is 4.91. The minimum absolute atomic E-state index is 0.256. The van der Waals surface area contributed by atoms with Crippen molar-refractivity contribution in [2.45, 2.75) is 0 Å². The van der Waals surface area contributed by atoms with E-state index in [0.29, 0.717) is 0 Å². The molecule has 0 aliphatic carbocycles. The van der Waals surface area contributed by atoms with E-state index in [1.165, 1.54) is 12.1 Å². The van der Waals surface area contributed by atoms with Crippen LogP contribution in [0.3, 0.4) is 0 Å². The molecule has 0 aliphatic heterocycles. The normalized spacial score (nSPS) is 10.8. The Morgan fingerprint density at radius 2 is 1.69 bits per heavy atom. The number of aromatic nitrogens is 3. The highest BCUT2D eigenvalue weighted by atomic mass is 19.1. The van der Waals surface area contributed by atoms with E-state index >= 15 is 0 Å². The second-order valence-corrected chi connectivity index (χ2v) is 3.47. The third kappa shape index (κ3) is 1.35. The molecule has 0 fully saturated rings. The first-order chi connectivity index (χ1) is 7.84. The van der Waals surface area contributed by atoms with Gasteiger partial charge in [0, 0.05) is 0 Å². The maximum atomic E-state index is 12.8. The van der Waals surface area contributed by atoms with Crippen LogP contribution < -0.4 is 0 Å². The summed E-state index contributed by atoms with van der Waals surface area (Å²) in [5.41, 5.74) is 2.54.